The number of halogens is 1. The van der Waals surface area contributed by atoms with Gasteiger partial charge in [-0.25, -0.2) is 0 Å². The average Bonchev–Trinajstić information content (AvgIpc) is 1.63. The predicted octanol–water partition coefficient (Wildman–Crippen LogP) is -5.10. The minimum Gasteiger partial charge on any atom is -1.00 e. The number of hydrogen-bond acceptors (Lipinski definition) is 3. The van der Waals surface area contributed by atoms with E-state index in [1.807, 2.05) is 0 Å². The molecule has 0 aromatic carbocycles. The van der Waals surface area contributed by atoms with Crippen LogP contribution in [-0.2, 0) is 9.59 Å². The maximum absolute atomic E-state index is 9.99. The zero-order chi connectivity index (χ0) is 7.44. The third kappa shape index (κ3) is 10.4. The standard InChI is InChI=1S/C4H8N2O3.Ca.ClH/c5-2(4(8)9)1-3(6)7;;/h2H,1,5H2,(H2,6,7)(H,8,9);;1H/q;+2;/p-1. The quantitative estimate of drug-likeness (QED) is 0.403. The molecule has 0 aromatic rings. The number of nitrogens with two attached hydrogens (primary N) is 2. The molecule has 0 fully saturated rings. The van der Waals surface area contributed by atoms with Crippen molar-refractivity contribution in [1.82, 2.24) is 0 Å². The Morgan fingerprint density at radius 1 is 1.45 bits per heavy atom. The van der Waals surface area contributed by atoms with Gasteiger partial charge in [0.25, 0.3) is 0 Å². The zero-order valence-corrected chi connectivity index (χ0v) is 8.75. The Hall–Kier alpha value is 0.450. The number of rotatable bonds is 3. The van der Waals surface area contributed by atoms with Gasteiger partial charge in [0, 0.05) is 0 Å². The van der Waals surface area contributed by atoms with E-state index < -0.39 is 17.9 Å². The first kappa shape index (κ1) is 17.5. The van der Waals surface area contributed by atoms with Crippen LogP contribution >= 0.6 is 0 Å². The minimum atomic E-state index is -1.21. The van der Waals surface area contributed by atoms with Gasteiger partial charge < -0.3 is 29.0 Å². The normalized spacial score (nSPS) is 10.3. The van der Waals surface area contributed by atoms with Crippen molar-refractivity contribution in [2.24, 2.45) is 11.5 Å². The van der Waals surface area contributed by atoms with E-state index in [4.69, 9.17) is 10.8 Å². The first-order chi connectivity index (χ1) is 4.04. The Morgan fingerprint density at radius 3 is 1.91 bits per heavy atom. The van der Waals surface area contributed by atoms with Gasteiger partial charge in [-0.2, -0.15) is 0 Å². The fourth-order valence-electron chi connectivity index (χ4n) is 0.304. The van der Waals surface area contributed by atoms with E-state index in [0.29, 0.717) is 0 Å². The summed E-state index contributed by atoms with van der Waals surface area (Å²) >= 11 is 0. The minimum absolute atomic E-state index is 0. The van der Waals surface area contributed by atoms with Crippen LogP contribution in [0.4, 0.5) is 0 Å². The Kier molecular flexibility index (Phi) is 13.6. The van der Waals surface area contributed by atoms with Crippen molar-refractivity contribution >= 4 is 49.6 Å². The molecule has 1 unspecified atom stereocenters. The van der Waals surface area contributed by atoms with Gasteiger partial charge in [-0.15, -0.1) is 0 Å². The smallest absolute Gasteiger partial charge is 1.00 e. The first-order valence-corrected chi connectivity index (χ1v) is 2.30. The summed E-state index contributed by atoms with van der Waals surface area (Å²) in [5.74, 6) is -1.92. The molecule has 0 aromatic heterocycles. The van der Waals surface area contributed by atoms with E-state index in [0.717, 1.165) is 0 Å². The number of aliphatic carboxylic acids is 1. The summed E-state index contributed by atoms with van der Waals surface area (Å²) in [6.07, 6.45) is -0.310. The van der Waals surface area contributed by atoms with E-state index in [1.165, 1.54) is 0 Å². The van der Waals surface area contributed by atoms with Crippen LogP contribution in [-0.4, -0.2) is 60.8 Å². The summed E-state index contributed by atoms with van der Waals surface area (Å²) in [6, 6.07) is -1.16. The molecule has 0 aliphatic heterocycles. The molecule has 5 nitrogen and oxygen atoms in total. The van der Waals surface area contributed by atoms with Crippen molar-refractivity contribution < 1.29 is 27.1 Å². The molecule has 0 spiro atoms. The van der Waals surface area contributed by atoms with Crippen LogP contribution in [0.1, 0.15) is 6.42 Å². The van der Waals surface area contributed by atoms with Gasteiger partial charge in [-0.3, -0.25) is 9.59 Å². The SMILES string of the molecule is NC(=O)CC(N)C(=O)O.[Ca+2].[Cl-]. The molecule has 0 radical (unpaired) electrons. The van der Waals surface area contributed by atoms with E-state index in [-0.39, 0.29) is 56.6 Å². The van der Waals surface area contributed by atoms with Gasteiger partial charge >= 0.3 is 43.7 Å². The number of carbonyl (C=O) groups excluding carboxylic acids is 1. The van der Waals surface area contributed by atoms with Crippen LogP contribution in [0.5, 0.6) is 0 Å². The molecule has 0 saturated carbocycles. The molecule has 1 amide bonds. The van der Waals surface area contributed by atoms with Crippen LogP contribution in [0.3, 0.4) is 0 Å². The molecule has 0 saturated heterocycles. The molecule has 0 aliphatic carbocycles. The topological polar surface area (TPSA) is 106 Å². The van der Waals surface area contributed by atoms with Crippen molar-refractivity contribution in [3.8, 4) is 0 Å². The van der Waals surface area contributed by atoms with Crippen LogP contribution in [0, 0.1) is 0 Å². The molecule has 60 valence electrons. The van der Waals surface area contributed by atoms with Gasteiger partial charge in [0.1, 0.15) is 6.04 Å². The monoisotopic (exact) mass is 207 g/mol. The van der Waals surface area contributed by atoms with E-state index in [2.05, 4.69) is 5.73 Å². The summed E-state index contributed by atoms with van der Waals surface area (Å²) in [6.45, 7) is 0. The Morgan fingerprint density at radius 2 is 1.82 bits per heavy atom. The van der Waals surface area contributed by atoms with E-state index >= 15 is 0 Å². The fraction of sp³-hybridized carbons (Fsp3) is 0.500. The molecule has 0 rings (SSSR count). The Balaban J connectivity index is -0.000000320. The number of carboxylic acid groups (broad SMARTS) is 1. The van der Waals surface area contributed by atoms with Gasteiger partial charge in [-0.1, -0.05) is 0 Å². The molecule has 11 heavy (non-hydrogen) atoms. The zero-order valence-electron chi connectivity index (χ0n) is 5.79. The summed E-state index contributed by atoms with van der Waals surface area (Å²) in [7, 11) is 0. The number of amides is 1. The number of carboxylic acids is 1. The van der Waals surface area contributed by atoms with E-state index in [1.54, 1.807) is 0 Å². The maximum atomic E-state index is 9.99. The number of carbonyl (C=O) groups is 2. The summed E-state index contributed by atoms with van der Waals surface area (Å²) in [5, 5.41) is 8.10. The molecular formula is C4H8CaClN2O3+. The third-order valence-corrected chi connectivity index (χ3v) is 0.738. The average molecular weight is 208 g/mol. The van der Waals surface area contributed by atoms with Gasteiger partial charge in [0.2, 0.25) is 5.91 Å². The van der Waals surface area contributed by atoms with Gasteiger partial charge in [0.05, 0.1) is 6.42 Å². The first-order valence-electron chi connectivity index (χ1n) is 2.30. The Bertz CT molecular complexity index is 143. The van der Waals surface area contributed by atoms with Crippen LogP contribution in [0.25, 0.3) is 0 Å². The molecule has 0 bridgehead atoms. The van der Waals surface area contributed by atoms with Gasteiger partial charge in [-0.05, 0) is 0 Å². The Labute approximate surface area is 99.9 Å². The predicted molar refractivity (Wildman–Crippen MR) is 35.2 cm³/mol. The number of primary amides is 1. The maximum Gasteiger partial charge on any atom is 2.00 e. The van der Waals surface area contributed by atoms with Crippen molar-refractivity contribution in [3.05, 3.63) is 0 Å². The van der Waals surface area contributed by atoms with Crippen molar-refractivity contribution in [1.29, 1.82) is 0 Å². The molecule has 7 heteroatoms. The van der Waals surface area contributed by atoms with Crippen molar-refractivity contribution in [2.45, 2.75) is 12.5 Å². The van der Waals surface area contributed by atoms with E-state index in [9.17, 15) is 9.59 Å². The van der Waals surface area contributed by atoms with Gasteiger partial charge in [0.15, 0.2) is 0 Å². The largest absolute Gasteiger partial charge is 2.00 e. The molecule has 1 atom stereocenters. The van der Waals surface area contributed by atoms with Crippen molar-refractivity contribution in [3.63, 3.8) is 0 Å². The summed E-state index contributed by atoms with van der Waals surface area (Å²) in [5.41, 5.74) is 9.57. The number of hydrogen-bond donors (Lipinski definition) is 3. The molecule has 5 N–H and O–H groups in total. The van der Waals surface area contributed by atoms with Crippen molar-refractivity contribution in [2.75, 3.05) is 0 Å². The van der Waals surface area contributed by atoms with Crippen LogP contribution in [0.15, 0.2) is 0 Å². The molecule has 0 aliphatic rings. The second-order valence-electron chi connectivity index (χ2n) is 1.62. The van der Waals surface area contributed by atoms with Crippen LogP contribution in [0.2, 0.25) is 0 Å². The van der Waals surface area contributed by atoms with Crippen LogP contribution < -0.4 is 23.9 Å². The summed E-state index contributed by atoms with van der Waals surface area (Å²) < 4.78 is 0. The molecular weight excluding hydrogens is 200 g/mol. The second kappa shape index (κ2) is 8.55. The third-order valence-electron chi connectivity index (χ3n) is 0.738. The summed E-state index contributed by atoms with van der Waals surface area (Å²) in [4.78, 5) is 19.9. The fourth-order valence-corrected chi connectivity index (χ4v) is 0.304. The molecule has 0 heterocycles. The second-order valence-corrected chi connectivity index (χ2v) is 1.62.